The topological polar surface area (TPSA) is 79.2 Å². The van der Waals surface area contributed by atoms with E-state index in [9.17, 15) is 8.42 Å². The van der Waals surface area contributed by atoms with Gasteiger partial charge in [-0.15, -0.1) is 0 Å². The maximum absolute atomic E-state index is 12.4. The molecule has 0 fully saturated rings. The molecular formula is C16H16N2O3S. The van der Waals surface area contributed by atoms with Crippen molar-refractivity contribution < 1.29 is 13.2 Å². The van der Waals surface area contributed by atoms with Crippen molar-refractivity contribution in [3.63, 3.8) is 0 Å². The molecule has 0 heterocycles. The van der Waals surface area contributed by atoms with Crippen molar-refractivity contribution in [1.29, 1.82) is 5.26 Å². The van der Waals surface area contributed by atoms with Gasteiger partial charge >= 0.3 is 0 Å². The zero-order valence-electron chi connectivity index (χ0n) is 12.3. The Bertz CT molecular complexity index is 806. The van der Waals surface area contributed by atoms with Gasteiger partial charge in [-0.1, -0.05) is 24.3 Å². The molecule has 0 aliphatic carbocycles. The summed E-state index contributed by atoms with van der Waals surface area (Å²) in [6, 6.07) is 13.8. The summed E-state index contributed by atoms with van der Waals surface area (Å²) in [4.78, 5) is 0.00325. The van der Waals surface area contributed by atoms with E-state index in [2.05, 4.69) is 4.72 Å². The highest BCUT2D eigenvalue weighted by Crippen LogP contribution is 2.19. The van der Waals surface area contributed by atoms with Gasteiger partial charge < -0.3 is 4.74 Å². The highest BCUT2D eigenvalue weighted by atomic mass is 32.2. The van der Waals surface area contributed by atoms with Crippen LogP contribution in [0.25, 0.3) is 0 Å². The predicted octanol–water partition coefficient (Wildman–Crippen LogP) is 2.35. The lowest BCUT2D eigenvalue weighted by molar-refractivity contribution is 0.414. The van der Waals surface area contributed by atoms with Crippen molar-refractivity contribution in [2.24, 2.45) is 0 Å². The summed E-state index contributed by atoms with van der Waals surface area (Å²) >= 11 is 0. The van der Waals surface area contributed by atoms with Gasteiger partial charge in [0.2, 0.25) is 10.0 Å². The van der Waals surface area contributed by atoms with E-state index < -0.39 is 10.0 Å². The molecule has 0 atom stereocenters. The van der Waals surface area contributed by atoms with Crippen LogP contribution in [-0.2, 0) is 16.6 Å². The van der Waals surface area contributed by atoms with Gasteiger partial charge in [-0.25, -0.2) is 13.1 Å². The Hall–Kier alpha value is -2.36. The third kappa shape index (κ3) is 3.45. The molecule has 0 aliphatic rings. The van der Waals surface area contributed by atoms with Gasteiger partial charge in [0.1, 0.15) is 16.7 Å². The first-order valence-electron chi connectivity index (χ1n) is 6.60. The van der Waals surface area contributed by atoms with E-state index in [1.807, 2.05) is 6.07 Å². The quantitative estimate of drug-likeness (QED) is 0.918. The van der Waals surface area contributed by atoms with Crippen molar-refractivity contribution in [2.45, 2.75) is 18.4 Å². The van der Waals surface area contributed by atoms with Crippen molar-refractivity contribution in [2.75, 3.05) is 7.11 Å². The van der Waals surface area contributed by atoms with E-state index in [-0.39, 0.29) is 17.0 Å². The molecule has 0 aromatic heterocycles. The molecule has 0 aliphatic heterocycles. The van der Waals surface area contributed by atoms with Crippen molar-refractivity contribution >= 4 is 10.0 Å². The van der Waals surface area contributed by atoms with Crippen LogP contribution in [-0.4, -0.2) is 15.5 Å². The number of rotatable bonds is 5. The minimum absolute atomic E-state index is 0.00325. The van der Waals surface area contributed by atoms with Crippen LogP contribution < -0.4 is 9.46 Å². The fourth-order valence-electron chi connectivity index (χ4n) is 2.01. The van der Waals surface area contributed by atoms with Crippen LogP contribution in [0.2, 0.25) is 0 Å². The summed E-state index contributed by atoms with van der Waals surface area (Å²) in [6.07, 6.45) is 0. The number of benzene rings is 2. The zero-order chi connectivity index (χ0) is 16.2. The van der Waals surface area contributed by atoms with E-state index in [0.717, 1.165) is 5.56 Å². The predicted molar refractivity (Wildman–Crippen MR) is 82.9 cm³/mol. The van der Waals surface area contributed by atoms with E-state index in [4.69, 9.17) is 10.00 Å². The minimum Gasteiger partial charge on any atom is -0.497 e. The molecule has 0 spiro atoms. The van der Waals surface area contributed by atoms with Crippen LogP contribution in [0.15, 0.2) is 47.4 Å². The summed E-state index contributed by atoms with van der Waals surface area (Å²) in [5.74, 6) is 0.706. The Balaban J connectivity index is 2.21. The Morgan fingerprint density at radius 1 is 1.18 bits per heavy atom. The van der Waals surface area contributed by atoms with E-state index in [1.54, 1.807) is 50.4 Å². The Morgan fingerprint density at radius 2 is 1.86 bits per heavy atom. The number of hydrogen-bond donors (Lipinski definition) is 1. The molecule has 6 heteroatoms. The molecule has 1 N–H and O–H groups in total. The molecule has 2 aromatic rings. The first kappa shape index (κ1) is 16.0. The largest absolute Gasteiger partial charge is 0.497 e. The number of nitrogens with one attached hydrogen (secondary N) is 1. The lowest BCUT2D eigenvalue weighted by Crippen LogP contribution is -2.24. The van der Waals surface area contributed by atoms with E-state index in [1.165, 1.54) is 6.07 Å². The molecule has 0 bridgehead atoms. The summed E-state index contributed by atoms with van der Waals surface area (Å²) in [6.45, 7) is 1.85. The standard InChI is InChI=1S/C16H16N2O3S/c1-12-4-3-5-16(15(12)10-17)22(19,20)18-11-13-6-8-14(21-2)9-7-13/h3-9,18H,11H2,1-2H3. The van der Waals surface area contributed by atoms with E-state index in [0.29, 0.717) is 11.3 Å². The summed E-state index contributed by atoms with van der Waals surface area (Å²) < 4.78 is 32.3. The molecule has 0 unspecified atom stereocenters. The lowest BCUT2D eigenvalue weighted by Gasteiger charge is -2.10. The number of nitrogens with zero attached hydrogens (tertiary/aromatic N) is 1. The first-order chi connectivity index (χ1) is 10.5. The zero-order valence-corrected chi connectivity index (χ0v) is 13.1. The van der Waals surface area contributed by atoms with Gasteiger partial charge in [-0.2, -0.15) is 5.26 Å². The third-order valence-electron chi connectivity index (χ3n) is 3.26. The molecule has 0 saturated heterocycles. The number of ether oxygens (including phenoxy) is 1. The van der Waals surface area contributed by atoms with Gasteiger partial charge in [0, 0.05) is 6.54 Å². The Kier molecular flexibility index (Phi) is 4.81. The molecule has 5 nitrogen and oxygen atoms in total. The first-order valence-corrected chi connectivity index (χ1v) is 8.08. The number of hydrogen-bond acceptors (Lipinski definition) is 4. The van der Waals surface area contributed by atoms with Crippen LogP contribution in [0.4, 0.5) is 0 Å². The molecule has 22 heavy (non-hydrogen) atoms. The normalized spacial score (nSPS) is 11.0. The highest BCUT2D eigenvalue weighted by molar-refractivity contribution is 7.89. The smallest absolute Gasteiger partial charge is 0.242 e. The molecule has 2 aromatic carbocycles. The molecule has 114 valence electrons. The van der Waals surface area contributed by atoms with Crippen LogP contribution in [0, 0.1) is 18.3 Å². The third-order valence-corrected chi connectivity index (χ3v) is 4.70. The average Bonchev–Trinajstić information content (AvgIpc) is 2.53. The van der Waals surface area contributed by atoms with Crippen LogP contribution >= 0.6 is 0 Å². The number of sulfonamides is 1. The van der Waals surface area contributed by atoms with Crippen molar-refractivity contribution in [3.8, 4) is 11.8 Å². The van der Waals surface area contributed by atoms with Crippen LogP contribution in [0.5, 0.6) is 5.75 Å². The second kappa shape index (κ2) is 6.60. The summed E-state index contributed by atoms with van der Waals surface area (Å²) in [7, 11) is -2.17. The minimum atomic E-state index is -3.74. The SMILES string of the molecule is COc1ccc(CNS(=O)(=O)c2cccc(C)c2C#N)cc1. The maximum Gasteiger partial charge on any atom is 0.242 e. The fourth-order valence-corrected chi connectivity index (χ4v) is 3.25. The maximum atomic E-state index is 12.4. The molecule has 2 rings (SSSR count). The van der Waals surface area contributed by atoms with Crippen LogP contribution in [0.1, 0.15) is 16.7 Å². The lowest BCUT2D eigenvalue weighted by atomic mass is 10.1. The average molecular weight is 316 g/mol. The molecular weight excluding hydrogens is 300 g/mol. The van der Waals surface area contributed by atoms with Gasteiger partial charge in [0.15, 0.2) is 0 Å². The van der Waals surface area contributed by atoms with Crippen molar-refractivity contribution in [1.82, 2.24) is 4.72 Å². The summed E-state index contributed by atoms with van der Waals surface area (Å²) in [5, 5.41) is 9.15. The number of aryl methyl sites for hydroxylation is 1. The Morgan fingerprint density at radius 3 is 2.45 bits per heavy atom. The van der Waals surface area contributed by atoms with E-state index >= 15 is 0 Å². The molecule has 0 radical (unpaired) electrons. The van der Waals surface area contributed by atoms with Gasteiger partial charge in [-0.05, 0) is 36.2 Å². The van der Waals surface area contributed by atoms with Gasteiger partial charge in [0.05, 0.1) is 12.7 Å². The second-order valence-corrected chi connectivity index (χ2v) is 6.47. The highest BCUT2D eigenvalue weighted by Gasteiger charge is 2.19. The second-order valence-electron chi connectivity index (χ2n) is 4.73. The Labute approximate surface area is 130 Å². The van der Waals surface area contributed by atoms with Crippen molar-refractivity contribution in [3.05, 3.63) is 59.2 Å². The van der Waals surface area contributed by atoms with Gasteiger partial charge in [-0.3, -0.25) is 0 Å². The number of nitriles is 1. The van der Waals surface area contributed by atoms with Gasteiger partial charge in [0.25, 0.3) is 0 Å². The van der Waals surface area contributed by atoms with Crippen LogP contribution in [0.3, 0.4) is 0 Å². The summed E-state index contributed by atoms with van der Waals surface area (Å²) in [5.41, 5.74) is 1.61. The monoisotopic (exact) mass is 316 g/mol. The fraction of sp³-hybridized carbons (Fsp3) is 0.188. The molecule has 0 amide bonds. The molecule has 0 saturated carbocycles. The number of methoxy groups -OCH3 is 1.